The van der Waals surface area contributed by atoms with Crippen molar-refractivity contribution in [2.45, 2.75) is 20.3 Å². The molecule has 1 fully saturated rings. The van der Waals surface area contributed by atoms with Crippen LogP contribution in [-0.4, -0.2) is 51.2 Å². The Bertz CT molecular complexity index is 918. The van der Waals surface area contributed by atoms with Crippen LogP contribution in [0, 0.1) is 6.92 Å². The molecule has 3 rings (SSSR count). The second-order valence-corrected chi connectivity index (χ2v) is 9.10. The molecule has 0 aliphatic carbocycles. The minimum Gasteiger partial charge on any atom is -0.368 e. The number of nitrogens with one attached hydrogen (secondary N) is 1. The van der Waals surface area contributed by atoms with Crippen LogP contribution in [0.25, 0.3) is 0 Å². The van der Waals surface area contributed by atoms with Gasteiger partial charge in [0.1, 0.15) is 0 Å². The summed E-state index contributed by atoms with van der Waals surface area (Å²) >= 11 is 0. The van der Waals surface area contributed by atoms with Crippen molar-refractivity contribution in [2.24, 2.45) is 0 Å². The highest BCUT2D eigenvalue weighted by Crippen LogP contribution is 2.20. The van der Waals surface area contributed by atoms with Crippen molar-refractivity contribution < 1.29 is 13.2 Å². The van der Waals surface area contributed by atoms with Gasteiger partial charge in [-0.1, -0.05) is 29.8 Å². The van der Waals surface area contributed by atoms with Gasteiger partial charge in [0.25, 0.3) is 0 Å². The summed E-state index contributed by atoms with van der Waals surface area (Å²) in [6.45, 7) is 6.55. The number of carbonyl (C=O) groups excluding carboxylic acids is 1. The number of piperazine rings is 1. The second-order valence-electron chi connectivity index (χ2n) is 7.09. The van der Waals surface area contributed by atoms with Gasteiger partial charge >= 0.3 is 0 Å². The Morgan fingerprint density at radius 2 is 1.71 bits per heavy atom. The normalized spacial score (nSPS) is 14.8. The molecular weight excluding hydrogens is 374 g/mol. The van der Waals surface area contributed by atoms with E-state index in [2.05, 4.69) is 15.7 Å². The van der Waals surface area contributed by atoms with E-state index in [9.17, 15) is 13.2 Å². The van der Waals surface area contributed by atoms with Crippen molar-refractivity contribution in [2.75, 3.05) is 41.6 Å². The number of nitrogens with zero attached hydrogens (tertiary/aromatic N) is 2. The van der Waals surface area contributed by atoms with Gasteiger partial charge in [-0.25, -0.2) is 8.42 Å². The minimum atomic E-state index is -3.26. The summed E-state index contributed by atoms with van der Waals surface area (Å²) in [5.74, 6) is 0.211. The topological polar surface area (TPSA) is 69.7 Å². The Hall–Kier alpha value is -2.54. The van der Waals surface area contributed by atoms with Crippen LogP contribution in [0.1, 0.15) is 18.1 Å². The molecule has 1 aliphatic heterocycles. The zero-order chi connectivity index (χ0) is 20.1. The monoisotopic (exact) mass is 401 g/mol. The predicted octanol–water partition coefficient (Wildman–Crippen LogP) is 2.65. The van der Waals surface area contributed by atoms with Crippen molar-refractivity contribution >= 4 is 27.3 Å². The Labute approximate surface area is 167 Å². The second kappa shape index (κ2) is 8.65. The number of sulfonamides is 1. The van der Waals surface area contributed by atoms with Crippen LogP contribution in [0.3, 0.4) is 0 Å². The number of rotatable bonds is 6. The molecule has 2 aromatic rings. The van der Waals surface area contributed by atoms with Gasteiger partial charge in [-0.3, -0.25) is 9.52 Å². The number of anilines is 2. The molecule has 6 nitrogen and oxygen atoms in total. The summed E-state index contributed by atoms with van der Waals surface area (Å²) in [5, 5.41) is 0. The van der Waals surface area contributed by atoms with Crippen molar-refractivity contribution in [3.05, 3.63) is 59.7 Å². The zero-order valence-electron chi connectivity index (χ0n) is 16.4. The molecule has 1 saturated heterocycles. The first-order valence-electron chi connectivity index (χ1n) is 9.55. The number of hydrogen-bond acceptors (Lipinski definition) is 4. The molecule has 0 atom stereocenters. The van der Waals surface area contributed by atoms with E-state index in [0.29, 0.717) is 25.2 Å². The van der Waals surface area contributed by atoms with Crippen LogP contribution in [0.15, 0.2) is 48.5 Å². The number of carbonyl (C=O) groups is 1. The summed E-state index contributed by atoms with van der Waals surface area (Å²) in [7, 11) is -3.26. The standard InChI is InChI=1S/C21H27N3O3S/c1-3-28(26,27)22-19-7-9-20(10-8-19)23-11-13-24(14-12-23)21(25)16-18-6-4-5-17(2)15-18/h4-10,15,22H,3,11-14,16H2,1-2H3. The fraction of sp³-hybridized carbons (Fsp3) is 0.381. The third-order valence-electron chi connectivity index (χ3n) is 4.96. The van der Waals surface area contributed by atoms with Crippen LogP contribution in [0.5, 0.6) is 0 Å². The molecule has 150 valence electrons. The molecule has 1 amide bonds. The summed E-state index contributed by atoms with van der Waals surface area (Å²) in [6, 6.07) is 15.5. The zero-order valence-corrected chi connectivity index (χ0v) is 17.2. The molecular formula is C21H27N3O3S. The van der Waals surface area contributed by atoms with Gasteiger partial charge in [0, 0.05) is 37.6 Å². The summed E-state index contributed by atoms with van der Waals surface area (Å²) in [6.07, 6.45) is 0.438. The lowest BCUT2D eigenvalue weighted by Crippen LogP contribution is -2.49. The number of hydrogen-bond donors (Lipinski definition) is 1. The Morgan fingerprint density at radius 3 is 2.32 bits per heavy atom. The van der Waals surface area contributed by atoms with E-state index in [0.717, 1.165) is 24.3 Å². The first-order valence-corrected chi connectivity index (χ1v) is 11.2. The molecule has 0 bridgehead atoms. The molecule has 0 unspecified atom stereocenters. The highest BCUT2D eigenvalue weighted by molar-refractivity contribution is 7.92. The van der Waals surface area contributed by atoms with Crippen LogP contribution in [0.4, 0.5) is 11.4 Å². The molecule has 0 saturated carbocycles. The van der Waals surface area contributed by atoms with E-state index in [1.807, 2.05) is 42.2 Å². The van der Waals surface area contributed by atoms with Crippen molar-refractivity contribution in [1.29, 1.82) is 0 Å². The fourth-order valence-electron chi connectivity index (χ4n) is 3.31. The van der Waals surface area contributed by atoms with Crippen LogP contribution < -0.4 is 9.62 Å². The third kappa shape index (κ3) is 5.25. The van der Waals surface area contributed by atoms with Crippen LogP contribution in [0.2, 0.25) is 0 Å². The highest BCUT2D eigenvalue weighted by atomic mass is 32.2. The predicted molar refractivity (Wildman–Crippen MR) is 113 cm³/mol. The average Bonchev–Trinajstić information content (AvgIpc) is 2.68. The van der Waals surface area contributed by atoms with Crippen LogP contribution >= 0.6 is 0 Å². The van der Waals surface area contributed by atoms with Gasteiger partial charge in [-0.15, -0.1) is 0 Å². The van der Waals surface area contributed by atoms with E-state index in [-0.39, 0.29) is 11.7 Å². The Morgan fingerprint density at radius 1 is 1.04 bits per heavy atom. The minimum absolute atomic E-state index is 0.0489. The first-order chi connectivity index (χ1) is 13.4. The van der Waals surface area contributed by atoms with E-state index in [4.69, 9.17) is 0 Å². The largest absolute Gasteiger partial charge is 0.368 e. The molecule has 28 heavy (non-hydrogen) atoms. The first kappa shape index (κ1) is 20.2. The van der Waals surface area contributed by atoms with Crippen molar-refractivity contribution in [3.63, 3.8) is 0 Å². The lowest BCUT2D eigenvalue weighted by molar-refractivity contribution is -0.130. The highest BCUT2D eigenvalue weighted by Gasteiger charge is 2.21. The van der Waals surface area contributed by atoms with Gasteiger partial charge in [0.15, 0.2) is 0 Å². The van der Waals surface area contributed by atoms with Gasteiger partial charge in [-0.2, -0.15) is 0 Å². The van der Waals surface area contributed by atoms with Gasteiger partial charge in [0.05, 0.1) is 12.2 Å². The molecule has 2 aromatic carbocycles. The smallest absolute Gasteiger partial charge is 0.232 e. The SMILES string of the molecule is CCS(=O)(=O)Nc1ccc(N2CCN(C(=O)Cc3cccc(C)c3)CC2)cc1. The van der Waals surface area contributed by atoms with Crippen molar-refractivity contribution in [1.82, 2.24) is 4.90 Å². The number of amides is 1. The summed E-state index contributed by atoms with van der Waals surface area (Å²) in [5.41, 5.74) is 3.82. The van der Waals surface area contributed by atoms with Crippen LogP contribution in [-0.2, 0) is 21.2 Å². The molecule has 0 spiro atoms. The number of aryl methyl sites for hydroxylation is 1. The number of benzene rings is 2. The van der Waals surface area contributed by atoms with Gasteiger partial charge in [0.2, 0.25) is 15.9 Å². The molecule has 7 heteroatoms. The van der Waals surface area contributed by atoms with E-state index in [1.54, 1.807) is 19.1 Å². The van der Waals surface area contributed by atoms with E-state index < -0.39 is 10.0 Å². The Balaban J connectivity index is 1.54. The summed E-state index contributed by atoms with van der Waals surface area (Å²) in [4.78, 5) is 16.7. The summed E-state index contributed by atoms with van der Waals surface area (Å²) < 4.78 is 25.8. The Kier molecular flexibility index (Phi) is 6.24. The molecule has 1 N–H and O–H groups in total. The maximum absolute atomic E-state index is 12.6. The average molecular weight is 402 g/mol. The van der Waals surface area contributed by atoms with E-state index in [1.165, 1.54) is 5.56 Å². The van der Waals surface area contributed by atoms with E-state index >= 15 is 0 Å². The lowest BCUT2D eigenvalue weighted by Gasteiger charge is -2.36. The molecule has 0 radical (unpaired) electrons. The molecule has 1 aliphatic rings. The quantitative estimate of drug-likeness (QED) is 0.808. The van der Waals surface area contributed by atoms with Crippen molar-refractivity contribution in [3.8, 4) is 0 Å². The molecule has 1 heterocycles. The fourth-order valence-corrected chi connectivity index (χ4v) is 3.95. The third-order valence-corrected chi connectivity index (χ3v) is 6.26. The lowest BCUT2D eigenvalue weighted by atomic mass is 10.1. The maximum atomic E-state index is 12.6. The van der Waals surface area contributed by atoms with Gasteiger partial charge in [-0.05, 0) is 43.7 Å². The van der Waals surface area contributed by atoms with Gasteiger partial charge < -0.3 is 9.80 Å². The maximum Gasteiger partial charge on any atom is 0.232 e. The molecule has 0 aromatic heterocycles.